The van der Waals surface area contributed by atoms with Gasteiger partial charge < -0.3 is 13.8 Å². The van der Waals surface area contributed by atoms with E-state index in [9.17, 15) is 0 Å². The number of hydrogen-bond acceptors (Lipinski definition) is 6. The zero-order valence-corrected chi connectivity index (χ0v) is 16.7. The van der Waals surface area contributed by atoms with E-state index in [4.69, 9.17) is 9.25 Å². The fourth-order valence-corrected chi connectivity index (χ4v) is 3.52. The maximum Gasteiger partial charge on any atom is 0.192 e. The van der Waals surface area contributed by atoms with Gasteiger partial charge in [-0.2, -0.15) is 0 Å². The van der Waals surface area contributed by atoms with Gasteiger partial charge in [0.2, 0.25) is 0 Å². The molecule has 0 amide bonds. The number of nitrogens with zero attached hydrogens (tertiary/aromatic N) is 6. The van der Waals surface area contributed by atoms with Gasteiger partial charge in [0.25, 0.3) is 0 Å². The van der Waals surface area contributed by atoms with Crippen LogP contribution < -0.4 is 0 Å². The third-order valence-corrected chi connectivity index (χ3v) is 5.15. The highest BCUT2D eigenvalue weighted by Gasteiger charge is 2.18. The molecule has 0 atom stereocenters. The summed E-state index contributed by atoms with van der Waals surface area (Å²) < 4.78 is 9.34. The first kappa shape index (κ1) is 18.1. The van der Waals surface area contributed by atoms with Crippen LogP contribution in [0.5, 0.6) is 0 Å². The molecule has 150 valence electrons. The summed E-state index contributed by atoms with van der Waals surface area (Å²) in [5, 5.41) is 9.46. The second-order valence-electron chi connectivity index (χ2n) is 7.03. The Morgan fingerprint density at radius 2 is 1.97 bits per heavy atom. The predicted molar refractivity (Wildman–Crippen MR) is 112 cm³/mol. The molecule has 0 fully saturated rings. The third-order valence-electron chi connectivity index (χ3n) is 5.15. The van der Waals surface area contributed by atoms with Crippen LogP contribution in [-0.2, 0) is 18.0 Å². The minimum absolute atomic E-state index is 0.178. The van der Waals surface area contributed by atoms with Crippen LogP contribution in [0.4, 0.5) is 0 Å². The summed E-state index contributed by atoms with van der Waals surface area (Å²) in [6, 6.07) is 13.6. The van der Waals surface area contributed by atoms with Crippen LogP contribution in [0.15, 0.2) is 64.6 Å². The summed E-state index contributed by atoms with van der Waals surface area (Å²) in [5.74, 6) is 1.42. The lowest BCUT2D eigenvalue weighted by molar-refractivity contribution is 0.126. The summed E-state index contributed by atoms with van der Waals surface area (Å²) in [4.78, 5) is 14.7. The van der Waals surface area contributed by atoms with E-state index in [-0.39, 0.29) is 6.61 Å². The molecule has 4 aromatic heterocycles. The van der Waals surface area contributed by atoms with E-state index >= 15 is 0 Å². The highest BCUT2D eigenvalue weighted by atomic mass is 16.6. The van der Waals surface area contributed by atoms with Gasteiger partial charge in [-0.15, -0.1) is 5.10 Å². The first-order valence-electron chi connectivity index (χ1n) is 9.63. The summed E-state index contributed by atoms with van der Waals surface area (Å²) in [6.45, 7) is 4.95. The zero-order valence-electron chi connectivity index (χ0n) is 16.7. The molecule has 0 unspecified atom stereocenters. The smallest absolute Gasteiger partial charge is 0.192 e. The maximum atomic E-state index is 5.52. The quantitative estimate of drug-likeness (QED) is 0.319. The van der Waals surface area contributed by atoms with E-state index in [1.165, 1.54) is 0 Å². The number of aromatic nitrogens is 5. The third kappa shape index (κ3) is 3.22. The van der Waals surface area contributed by atoms with Crippen LogP contribution >= 0.6 is 0 Å². The summed E-state index contributed by atoms with van der Waals surface area (Å²) in [7, 11) is 0. The van der Waals surface area contributed by atoms with Gasteiger partial charge >= 0.3 is 0 Å². The standard InChI is InChI=1S/C22H20N6O2/c1-15-16(2)27(12-18-9-6-10-29-18)21-20(15)22-25-19(26-28(22)14-23-21)13-30-24-11-17-7-4-3-5-8-17/h3-11,14H,12-13H2,1-2H3/b24-11-. The van der Waals surface area contributed by atoms with Gasteiger partial charge in [-0.25, -0.2) is 14.5 Å². The van der Waals surface area contributed by atoms with E-state index in [0.29, 0.717) is 12.4 Å². The molecule has 5 aromatic rings. The van der Waals surface area contributed by atoms with Crippen molar-refractivity contribution < 1.29 is 9.25 Å². The maximum absolute atomic E-state index is 5.52. The molecule has 0 spiro atoms. The molecular formula is C22H20N6O2. The fraction of sp³-hybridized carbons (Fsp3) is 0.182. The molecule has 0 radical (unpaired) electrons. The average Bonchev–Trinajstić information content (AvgIpc) is 3.48. The van der Waals surface area contributed by atoms with E-state index in [1.807, 2.05) is 42.5 Å². The van der Waals surface area contributed by atoms with Gasteiger partial charge in [0.15, 0.2) is 18.1 Å². The van der Waals surface area contributed by atoms with Crippen molar-refractivity contribution in [1.82, 2.24) is 24.1 Å². The zero-order chi connectivity index (χ0) is 20.5. The summed E-state index contributed by atoms with van der Waals surface area (Å²) >= 11 is 0. The van der Waals surface area contributed by atoms with Crippen LogP contribution in [0, 0.1) is 13.8 Å². The molecule has 0 N–H and O–H groups in total. The van der Waals surface area contributed by atoms with Gasteiger partial charge in [0, 0.05) is 5.69 Å². The van der Waals surface area contributed by atoms with Crippen LogP contribution in [0.1, 0.15) is 28.4 Å². The van der Waals surface area contributed by atoms with Crippen LogP contribution in [0.3, 0.4) is 0 Å². The lowest BCUT2D eigenvalue weighted by Crippen LogP contribution is -2.02. The molecule has 0 aliphatic carbocycles. The number of rotatable bonds is 6. The van der Waals surface area contributed by atoms with Crippen molar-refractivity contribution in [2.45, 2.75) is 27.0 Å². The van der Waals surface area contributed by atoms with Gasteiger partial charge in [-0.3, -0.25) is 0 Å². The second kappa shape index (κ2) is 7.47. The number of hydrogen-bond donors (Lipinski definition) is 0. The number of fused-ring (bicyclic) bond motifs is 3. The van der Waals surface area contributed by atoms with Crippen molar-refractivity contribution in [3.8, 4) is 0 Å². The van der Waals surface area contributed by atoms with E-state index in [2.05, 4.69) is 38.6 Å². The van der Waals surface area contributed by atoms with Crippen molar-refractivity contribution in [1.29, 1.82) is 0 Å². The Bertz CT molecular complexity index is 1330. The average molecular weight is 400 g/mol. The van der Waals surface area contributed by atoms with Gasteiger partial charge in [-0.1, -0.05) is 35.5 Å². The molecule has 1 aromatic carbocycles. The molecule has 4 heterocycles. The molecule has 5 rings (SSSR count). The van der Waals surface area contributed by atoms with Crippen LogP contribution in [0.2, 0.25) is 0 Å². The highest BCUT2D eigenvalue weighted by molar-refractivity contribution is 5.93. The Morgan fingerprint density at radius 3 is 2.77 bits per heavy atom. The number of furan rings is 1. The first-order valence-corrected chi connectivity index (χ1v) is 9.63. The van der Waals surface area contributed by atoms with E-state index in [1.54, 1.807) is 23.3 Å². The largest absolute Gasteiger partial charge is 0.467 e. The first-order chi connectivity index (χ1) is 14.7. The normalized spacial score (nSPS) is 11.8. The van der Waals surface area contributed by atoms with Crippen molar-refractivity contribution in [2.24, 2.45) is 5.16 Å². The van der Waals surface area contributed by atoms with E-state index < -0.39 is 0 Å². The molecule has 0 aliphatic heterocycles. The van der Waals surface area contributed by atoms with Crippen LogP contribution in [-0.4, -0.2) is 30.4 Å². The molecular weight excluding hydrogens is 380 g/mol. The molecule has 8 heteroatoms. The number of benzene rings is 1. The summed E-state index contributed by atoms with van der Waals surface area (Å²) in [6.07, 6.45) is 5.02. The Balaban J connectivity index is 1.44. The number of oxime groups is 1. The van der Waals surface area contributed by atoms with E-state index in [0.717, 1.165) is 39.3 Å². The van der Waals surface area contributed by atoms with Crippen LogP contribution in [0.25, 0.3) is 16.7 Å². The van der Waals surface area contributed by atoms with Crippen molar-refractivity contribution >= 4 is 22.9 Å². The van der Waals surface area contributed by atoms with Crippen molar-refractivity contribution in [3.05, 3.63) is 83.5 Å². The fourth-order valence-electron chi connectivity index (χ4n) is 3.52. The Hall–Kier alpha value is -3.94. The monoisotopic (exact) mass is 400 g/mol. The minimum atomic E-state index is 0.178. The van der Waals surface area contributed by atoms with Gasteiger partial charge in [-0.05, 0) is 37.1 Å². The molecule has 8 nitrogen and oxygen atoms in total. The molecule has 0 bridgehead atoms. The second-order valence-corrected chi connectivity index (χ2v) is 7.03. The minimum Gasteiger partial charge on any atom is -0.467 e. The molecule has 0 saturated carbocycles. The van der Waals surface area contributed by atoms with Gasteiger partial charge in [0.1, 0.15) is 17.7 Å². The molecule has 0 aliphatic rings. The lowest BCUT2D eigenvalue weighted by atomic mass is 10.2. The Labute approximate surface area is 172 Å². The highest BCUT2D eigenvalue weighted by Crippen LogP contribution is 2.27. The molecule has 30 heavy (non-hydrogen) atoms. The van der Waals surface area contributed by atoms with Gasteiger partial charge in [0.05, 0.1) is 24.4 Å². The predicted octanol–water partition coefficient (Wildman–Crippen LogP) is 3.89. The Morgan fingerprint density at radius 1 is 1.10 bits per heavy atom. The topological polar surface area (TPSA) is 82.7 Å². The Kier molecular flexibility index (Phi) is 4.51. The number of aryl methyl sites for hydroxylation is 1. The molecule has 0 saturated heterocycles. The lowest BCUT2D eigenvalue weighted by Gasteiger charge is -2.05. The van der Waals surface area contributed by atoms with Crippen molar-refractivity contribution in [3.63, 3.8) is 0 Å². The SMILES string of the molecule is Cc1c(C)n(Cc2ccco2)c2ncn3nc(CO/N=C\c4ccccc4)nc3c12. The summed E-state index contributed by atoms with van der Waals surface area (Å²) in [5.41, 5.74) is 4.82. The van der Waals surface area contributed by atoms with Crippen molar-refractivity contribution in [2.75, 3.05) is 0 Å².